The first-order chi connectivity index (χ1) is 10.00. The van der Waals surface area contributed by atoms with Gasteiger partial charge < -0.3 is 15.7 Å². The second kappa shape index (κ2) is 5.50. The van der Waals surface area contributed by atoms with Crippen LogP contribution in [0.2, 0.25) is 0 Å². The summed E-state index contributed by atoms with van der Waals surface area (Å²) in [4.78, 5) is 23.3. The smallest absolute Gasteiger partial charge is 0.315 e. The first-order valence-electron chi connectivity index (χ1n) is 8.28. The summed E-state index contributed by atoms with van der Waals surface area (Å²) in [5, 5.41) is 15.0. The fourth-order valence-electron chi connectivity index (χ4n) is 4.59. The number of hydrogen-bond donors (Lipinski definition) is 3. The SMILES string of the molecule is CC(NC(=O)NCC1(C(=O)O)CCC1)C1CC2CCC1C2. The Bertz CT molecular complexity index is 433. The number of aliphatic carboxylic acids is 1. The summed E-state index contributed by atoms with van der Waals surface area (Å²) < 4.78 is 0. The molecule has 0 aromatic carbocycles. The van der Waals surface area contributed by atoms with Crippen molar-refractivity contribution in [2.45, 2.75) is 57.9 Å². The molecule has 2 bridgehead atoms. The molecule has 4 unspecified atom stereocenters. The second-order valence-electron chi connectivity index (χ2n) is 7.39. The molecular formula is C16H26N2O3. The van der Waals surface area contributed by atoms with Gasteiger partial charge in [-0.15, -0.1) is 0 Å². The van der Waals surface area contributed by atoms with Crippen molar-refractivity contribution in [3.63, 3.8) is 0 Å². The quantitative estimate of drug-likeness (QED) is 0.728. The van der Waals surface area contributed by atoms with E-state index in [2.05, 4.69) is 17.6 Å². The molecule has 3 rings (SSSR count). The van der Waals surface area contributed by atoms with Crippen molar-refractivity contribution in [1.82, 2.24) is 10.6 Å². The molecule has 0 aliphatic heterocycles. The van der Waals surface area contributed by atoms with Gasteiger partial charge in [-0.25, -0.2) is 4.79 Å². The van der Waals surface area contributed by atoms with Gasteiger partial charge in [0.1, 0.15) is 0 Å². The number of urea groups is 1. The number of rotatable bonds is 5. The predicted octanol–water partition coefficient (Wildman–Crippen LogP) is 2.37. The Morgan fingerprint density at radius 1 is 1.29 bits per heavy atom. The van der Waals surface area contributed by atoms with Crippen LogP contribution in [0, 0.1) is 23.2 Å². The maximum Gasteiger partial charge on any atom is 0.315 e. The first-order valence-corrected chi connectivity index (χ1v) is 8.28. The van der Waals surface area contributed by atoms with E-state index in [-0.39, 0.29) is 18.6 Å². The largest absolute Gasteiger partial charge is 0.481 e. The monoisotopic (exact) mass is 294 g/mol. The molecule has 0 aromatic heterocycles. The summed E-state index contributed by atoms with van der Waals surface area (Å²) in [5.41, 5.74) is -0.715. The summed E-state index contributed by atoms with van der Waals surface area (Å²) in [6, 6.07) is -0.0275. The molecule has 0 saturated heterocycles. The van der Waals surface area contributed by atoms with Crippen LogP contribution < -0.4 is 10.6 Å². The van der Waals surface area contributed by atoms with Gasteiger partial charge in [0.25, 0.3) is 0 Å². The maximum absolute atomic E-state index is 12.0. The molecule has 3 aliphatic rings. The Morgan fingerprint density at radius 3 is 2.52 bits per heavy atom. The summed E-state index contributed by atoms with van der Waals surface area (Å²) >= 11 is 0. The number of nitrogens with one attached hydrogen (secondary N) is 2. The number of amides is 2. The third kappa shape index (κ3) is 2.74. The van der Waals surface area contributed by atoms with Gasteiger partial charge in [-0.3, -0.25) is 4.79 Å². The van der Waals surface area contributed by atoms with Gasteiger partial charge >= 0.3 is 12.0 Å². The van der Waals surface area contributed by atoms with Crippen molar-refractivity contribution in [1.29, 1.82) is 0 Å². The summed E-state index contributed by atoms with van der Waals surface area (Å²) in [5.74, 6) is 1.47. The van der Waals surface area contributed by atoms with Gasteiger partial charge in [-0.05, 0) is 56.8 Å². The highest BCUT2D eigenvalue weighted by Gasteiger charge is 2.45. The molecule has 21 heavy (non-hydrogen) atoms. The molecule has 5 heteroatoms. The topological polar surface area (TPSA) is 78.4 Å². The van der Waals surface area contributed by atoms with Crippen LogP contribution in [0.4, 0.5) is 4.79 Å². The van der Waals surface area contributed by atoms with Gasteiger partial charge in [0.05, 0.1) is 5.41 Å². The Morgan fingerprint density at radius 2 is 2.05 bits per heavy atom. The van der Waals surface area contributed by atoms with Crippen LogP contribution in [0.5, 0.6) is 0 Å². The van der Waals surface area contributed by atoms with E-state index in [0.29, 0.717) is 18.8 Å². The number of carboxylic acids is 1. The Balaban J connectivity index is 1.45. The zero-order valence-electron chi connectivity index (χ0n) is 12.7. The third-order valence-corrected chi connectivity index (χ3v) is 6.15. The van der Waals surface area contributed by atoms with Crippen LogP contribution in [-0.2, 0) is 4.79 Å². The van der Waals surface area contributed by atoms with Crippen molar-refractivity contribution in [3.8, 4) is 0 Å². The standard InChI is InChI=1S/C16H26N2O3/c1-10(13-8-11-3-4-12(13)7-11)18-15(21)17-9-16(14(19)20)5-2-6-16/h10-13H,2-9H2,1H3,(H,19,20)(H2,17,18,21). The number of fused-ring (bicyclic) bond motifs is 2. The molecule has 0 heterocycles. The third-order valence-electron chi connectivity index (χ3n) is 6.15. The lowest BCUT2D eigenvalue weighted by molar-refractivity contribution is -0.153. The number of carbonyl (C=O) groups excluding carboxylic acids is 1. The van der Waals surface area contributed by atoms with Gasteiger partial charge in [0.2, 0.25) is 0 Å². The highest BCUT2D eigenvalue weighted by atomic mass is 16.4. The molecule has 0 aromatic rings. The van der Waals surface area contributed by atoms with Crippen molar-refractivity contribution in [2.75, 3.05) is 6.54 Å². The number of carbonyl (C=O) groups is 2. The van der Waals surface area contributed by atoms with Crippen molar-refractivity contribution in [3.05, 3.63) is 0 Å². The van der Waals surface area contributed by atoms with E-state index in [9.17, 15) is 14.7 Å². The van der Waals surface area contributed by atoms with E-state index in [4.69, 9.17) is 0 Å². The summed E-state index contributed by atoms with van der Waals surface area (Å²) in [6.07, 6.45) is 7.53. The van der Waals surface area contributed by atoms with Crippen LogP contribution in [0.15, 0.2) is 0 Å². The fourth-order valence-corrected chi connectivity index (χ4v) is 4.59. The zero-order chi connectivity index (χ0) is 15.0. The first kappa shape index (κ1) is 14.7. The van der Waals surface area contributed by atoms with E-state index in [1.54, 1.807) is 0 Å². The minimum Gasteiger partial charge on any atom is -0.481 e. The van der Waals surface area contributed by atoms with Gasteiger partial charge in [-0.1, -0.05) is 12.8 Å². The Kier molecular flexibility index (Phi) is 3.84. The minimum atomic E-state index is -0.782. The van der Waals surface area contributed by atoms with Gasteiger partial charge in [0, 0.05) is 12.6 Å². The maximum atomic E-state index is 12.0. The summed E-state index contributed by atoms with van der Waals surface area (Å²) in [7, 11) is 0. The summed E-state index contributed by atoms with van der Waals surface area (Å²) in [6.45, 7) is 2.33. The van der Waals surface area contributed by atoms with Crippen molar-refractivity contribution >= 4 is 12.0 Å². The fraction of sp³-hybridized carbons (Fsp3) is 0.875. The highest BCUT2D eigenvalue weighted by molar-refractivity contribution is 5.79. The normalized spacial score (nSPS) is 34.0. The molecule has 118 valence electrons. The van der Waals surface area contributed by atoms with Crippen LogP contribution in [0.3, 0.4) is 0 Å². The minimum absolute atomic E-state index is 0.183. The second-order valence-corrected chi connectivity index (χ2v) is 7.39. The molecule has 3 fully saturated rings. The molecule has 4 atom stereocenters. The zero-order valence-corrected chi connectivity index (χ0v) is 12.7. The lowest BCUT2D eigenvalue weighted by atomic mass is 9.69. The molecule has 0 radical (unpaired) electrons. The van der Waals surface area contributed by atoms with E-state index < -0.39 is 11.4 Å². The van der Waals surface area contributed by atoms with Gasteiger partial charge in [-0.2, -0.15) is 0 Å². The molecule has 0 spiro atoms. The van der Waals surface area contributed by atoms with Gasteiger partial charge in [0.15, 0.2) is 0 Å². The van der Waals surface area contributed by atoms with E-state index in [1.807, 2.05) is 0 Å². The molecule has 3 saturated carbocycles. The van der Waals surface area contributed by atoms with E-state index in [1.165, 1.54) is 25.7 Å². The van der Waals surface area contributed by atoms with Crippen molar-refractivity contribution < 1.29 is 14.7 Å². The van der Waals surface area contributed by atoms with Crippen LogP contribution >= 0.6 is 0 Å². The average Bonchev–Trinajstić information content (AvgIpc) is 2.99. The lowest BCUT2D eigenvalue weighted by Gasteiger charge is -2.37. The van der Waals surface area contributed by atoms with Crippen molar-refractivity contribution in [2.24, 2.45) is 23.2 Å². The lowest BCUT2D eigenvalue weighted by Crippen LogP contribution is -2.52. The average molecular weight is 294 g/mol. The van der Waals surface area contributed by atoms with E-state index >= 15 is 0 Å². The molecule has 3 N–H and O–H groups in total. The van der Waals surface area contributed by atoms with Crippen LogP contribution in [0.1, 0.15) is 51.9 Å². The molecule has 2 amide bonds. The van der Waals surface area contributed by atoms with Crippen LogP contribution in [-0.4, -0.2) is 29.7 Å². The number of carboxylic acid groups (broad SMARTS) is 1. The molecular weight excluding hydrogens is 268 g/mol. The molecule has 5 nitrogen and oxygen atoms in total. The Hall–Kier alpha value is -1.26. The molecule has 3 aliphatic carbocycles. The highest BCUT2D eigenvalue weighted by Crippen LogP contribution is 2.49. The van der Waals surface area contributed by atoms with E-state index in [0.717, 1.165) is 18.3 Å². The Labute approximate surface area is 125 Å². The van der Waals surface area contributed by atoms with Crippen LogP contribution in [0.25, 0.3) is 0 Å². The number of hydrogen-bond acceptors (Lipinski definition) is 2. The predicted molar refractivity (Wildman–Crippen MR) is 78.9 cm³/mol.